The average Bonchev–Trinajstić information content (AvgIpc) is 3.23. The molecule has 0 amide bonds. The van der Waals surface area contributed by atoms with Gasteiger partial charge in [-0.25, -0.2) is 19.7 Å². The molecule has 0 aliphatic heterocycles. The van der Waals surface area contributed by atoms with Crippen LogP contribution in [0.3, 0.4) is 0 Å². The molecule has 0 aliphatic carbocycles. The molecular formula is C30H25N5O3. The fourth-order valence-electron chi connectivity index (χ4n) is 4.70. The number of nitrogens with zero attached hydrogens (tertiary/aromatic N) is 5. The second-order valence-corrected chi connectivity index (χ2v) is 9.22. The fraction of sp³-hybridized carbons (Fsp3) is 0.167. The van der Waals surface area contributed by atoms with E-state index in [1.807, 2.05) is 66.9 Å². The summed E-state index contributed by atoms with van der Waals surface area (Å²) >= 11 is 0. The lowest BCUT2D eigenvalue weighted by atomic mass is 10.1. The number of para-hydroxylation sites is 2. The number of carbonyl (C=O) groups excluding carboxylic acids is 1. The molecule has 38 heavy (non-hydrogen) atoms. The highest BCUT2D eigenvalue weighted by Crippen LogP contribution is 2.29. The minimum atomic E-state index is -0.389. The summed E-state index contributed by atoms with van der Waals surface area (Å²) < 4.78 is 8.64. The van der Waals surface area contributed by atoms with E-state index in [4.69, 9.17) is 19.7 Å². The van der Waals surface area contributed by atoms with Crippen LogP contribution in [0, 0.1) is 13.8 Å². The second kappa shape index (κ2) is 9.23. The van der Waals surface area contributed by atoms with Gasteiger partial charge < -0.3 is 4.74 Å². The standard InChI is InChI=1S/C30H25N5O3/c1-4-38-30(37)21-13-15-22(16-14-21)35-27-25(26-28(35)33-24-8-6-5-7-23(24)32-26)29(36)34(19(3)31-27)17-20-11-9-18(2)10-12-20/h5-16H,4,17H2,1-3H3. The number of esters is 1. The largest absolute Gasteiger partial charge is 0.462 e. The van der Waals surface area contributed by atoms with E-state index in [-0.39, 0.29) is 11.5 Å². The number of rotatable bonds is 5. The highest BCUT2D eigenvalue weighted by Gasteiger charge is 2.22. The van der Waals surface area contributed by atoms with Crippen LogP contribution in [-0.2, 0) is 11.3 Å². The van der Waals surface area contributed by atoms with Gasteiger partial charge in [0.2, 0.25) is 0 Å². The van der Waals surface area contributed by atoms with E-state index < -0.39 is 0 Å². The van der Waals surface area contributed by atoms with Gasteiger partial charge in [0.25, 0.3) is 5.56 Å². The molecule has 0 aliphatic rings. The van der Waals surface area contributed by atoms with Crippen LogP contribution in [0.25, 0.3) is 38.9 Å². The Morgan fingerprint density at radius 1 is 0.842 bits per heavy atom. The normalized spacial score (nSPS) is 11.4. The number of hydrogen-bond donors (Lipinski definition) is 0. The molecule has 0 bridgehead atoms. The maximum Gasteiger partial charge on any atom is 0.338 e. The van der Waals surface area contributed by atoms with Crippen LogP contribution in [0.2, 0.25) is 0 Å². The number of benzene rings is 3. The Hall–Kier alpha value is -4.85. The van der Waals surface area contributed by atoms with Gasteiger partial charge in [-0.2, -0.15) is 0 Å². The first-order chi connectivity index (χ1) is 18.4. The third-order valence-corrected chi connectivity index (χ3v) is 6.65. The number of hydrogen-bond acceptors (Lipinski definition) is 6. The van der Waals surface area contributed by atoms with E-state index in [0.29, 0.717) is 63.5 Å². The molecule has 188 valence electrons. The Balaban J connectivity index is 1.62. The van der Waals surface area contributed by atoms with Crippen molar-refractivity contribution in [3.63, 3.8) is 0 Å². The lowest BCUT2D eigenvalue weighted by Crippen LogP contribution is -2.24. The van der Waals surface area contributed by atoms with Crippen molar-refractivity contribution in [3.05, 3.63) is 106 Å². The first kappa shape index (κ1) is 23.5. The van der Waals surface area contributed by atoms with Crippen LogP contribution in [0.5, 0.6) is 0 Å². The lowest BCUT2D eigenvalue weighted by Gasteiger charge is -2.11. The molecule has 0 radical (unpaired) electrons. The SMILES string of the molecule is CCOC(=O)c1ccc(-n2c3nc4ccccc4nc3c3c(=O)n(Cc4ccc(C)cc4)c(C)nc32)cc1. The minimum Gasteiger partial charge on any atom is -0.462 e. The molecule has 3 aromatic carbocycles. The van der Waals surface area contributed by atoms with Gasteiger partial charge in [0.15, 0.2) is 11.3 Å². The van der Waals surface area contributed by atoms with Crippen LogP contribution in [0.4, 0.5) is 0 Å². The summed E-state index contributed by atoms with van der Waals surface area (Å²) in [5, 5.41) is 0.408. The lowest BCUT2D eigenvalue weighted by molar-refractivity contribution is 0.0526. The quantitative estimate of drug-likeness (QED) is 0.303. The molecule has 3 heterocycles. The van der Waals surface area contributed by atoms with Gasteiger partial charge in [-0.1, -0.05) is 42.0 Å². The highest BCUT2D eigenvalue weighted by molar-refractivity contribution is 6.06. The maximum atomic E-state index is 14.0. The molecule has 0 fully saturated rings. The van der Waals surface area contributed by atoms with Crippen molar-refractivity contribution in [1.82, 2.24) is 24.1 Å². The number of ether oxygens (including phenoxy) is 1. The zero-order valence-corrected chi connectivity index (χ0v) is 21.3. The van der Waals surface area contributed by atoms with E-state index >= 15 is 0 Å². The summed E-state index contributed by atoms with van der Waals surface area (Å²) in [6.07, 6.45) is 0. The Bertz CT molecular complexity index is 1900. The minimum absolute atomic E-state index is 0.176. The molecule has 0 N–H and O–H groups in total. The molecule has 3 aromatic heterocycles. The summed E-state index contributed by atoms with van der Waals surface area (Å²) in [6, 6.07) is 22.7. The smallest absolute Gasteiger partial charge is 0.338 e. The highest BCUT2D eigenvalue weighted by atomic mass is 16.5. The topological polar surface area (TPSA) is 91.9 Å². The first-order valence-corrected chi connectivity index (χ1v) is 12.5. The predicted molar refractivity (Wildman–Crippen MR) is 147 cm³/mol. The van der Waals surface area contributed by atoms with E-state index in [1.54, 1.807) is 35.8 Å². The van der Waals surface area contributed by atoms with Gasteiger partial charge in [-0.3, -0.25) is 13.9 Å². The summed E-state index contributed by atoms with van der Waals surface area (Å²) in [7, 11) is 0. The second-order valence-electron chi connectivity index (χ2n) is 9.22. The number of aromatic nitrogens is 5. The summed E-state index contributed by atoms with van der Waals surface area (Å²) in [5.74, 6) is 0.194. The monoisotopic (exact) mass is 503 g/mol. The Morgan fingerprint density at radius 3 is 2.21 bits per heavy atom. The molecule has 8 heteroatoms. The van der Waals surface area contributed by atoms with E-state index in [0.717, 1.165) is 11.1 Å². The molecule has 0 saturated carbocycles. The van der Waals surface area contributed by atoms with Gasteiger partial charge in [0.1, 0.15) is 16.7 Å². The Morgan fingerprint density at radius 2 is 1.53 bits per heavy atom. The van der Waals surface area contributed by atoms with Gasteiger partial charge in [-0.05, 0) is 62.7 Å². The number of aryl methyl sites for hydroxylation is 2. The fourth-order valence-corrected chi connectivity index (χ4v) is 4.70. The number of carbonyl (C=O) groups is 1. The molecule has 6 rings (SSSR count). The van der Waals surface area contributed by atoms with Gasteiger partial charge >= 0.3 is 5.97 Å². The van der Waals surface area contributed by atoms with Crippen LogP contribution in [0.1, 0.15) is 34.2 Å². The maximum absolute atomic E-state index is 14.0. The van der Waals surface area contributed by atoms with E-state index in [1.165, 1.54) is 0 Å². The molecule has 0 saturated heterocycles. The predicted octanol–water partition coefficient (Wildman–Crippen LogP) is 5.13. The average molecular weight is 504 g/mol. The van der Waals surface area contributed by atoms with Crippen molar-refractivity contribution in [2.75, 3.05) is 6.61 Å². The van der Waals surface area contributed by atoms with Crippen molar-refractivity contribution in [3.8, 4) is 5.69 Å². The Kier molecular flexibility index (Phi) is 5.72. The van der Waals surface area contributed by atoms with E-state index in [9.17, 15) is 9.59 Å². The van der Waals surface area contributed by atoms with Crippen LogP contribution in [-0.4, -0.2) is 36.7 Å². The first-order valence-electron chi connectivity index (χ1n) is 12.5. The Labute approximate surface area is 218 Å². The number of fused-ring (bicyclic) bond motifs is 4. The van der Waals surface area contributed by atoms with Gasteiger partial charge in [-0.15, -0.1) is 0 Å². The van der Waals surface area contributed by atoms with Crippen molar-refractivity contribution < 1.29 is 9.53 Å². The molecule has 0 spiro atoms. The molecule has 6 aromatic rings. The molecule has 8 nitrogen and oxygen atoms in total. The van der Waals surface area contributed by atoms with Gasteiger partial charge in [0, 0.05) is 5.69 Å². The van der Waals surface area contributed by atoms with Crippen molar-refractivity contribution in [2.45, 2.75) is 27.3 Å². The molecular weight excluding hydrogens is 478 g/mol. The van der Waals surface area contributed by atoms with Crippen LogP contribution >= 0.6 is 0 Å². The van der Waals surface area contributed by atoms with Crippen molar-refractivity contribution >= 4 is 39.2 Å². The zero-order chi connectivity index (χ0) is 26.4. The summed E-state index contributed by atoms with van der Waals surface area (Å²) in [6.45, 7) is 6.33. The van der Waals surface area contributed by atoms with Crippen molar-refractivity contribution in [1.29, 1.82) is 0 Å². The summed E-state index contributed by atoms with van der Waals surface area (Å²) in [5.41, 5.74) is 6.05. The zero-order valence-electron chi connectivity index (χ0n) is 21.3. The molecule has 0 atom stereocenters. The van der Waals surface area contributed by atoms with Crippen LogP contribution < -0.4 is 5.56 Å². The third kappa shape index (κ3) is 3.91. The third-order valence-electron chi connectivity index (χ3n) is 6.65. The van der Waals surface area contributed by atoms with Crippen molar-refractivity contribution in [2.24, 2.45) is 0 Å². The van der Waals surface area contributed by atoms with E-state index in [2.05, 4.69) is 0 Å². The molecule has 0 unspecified atom stereocenters. The van der Waals surface area contributed by atoms with Crippen LogP contribution in [0.15, 0.2) is 77.6 Å². The van der Waals surface area contributed by atoms with Gasteiger partial charge in [0.05, 0.1) is 29.7 Å². The summed E-state index contributed by atoms with van der Waals surface area (Å²) in [4.78, 5) is 40.9.